The Morgan fingerprint density at radius 2 is 0.471 bits per heavy atom. The molecule has 0 saturated heterocycles. The van der Waals surface area contributed by atoms with E-state index < -0.39 is 18.8 Å². The molecular weight excluding hydrogens is 392 g/mol. The topological polar surface area (TPSA) is 57.2 Å². The zero-order valence-electron chi connectivity index (χ0n) is 10.9. The summed E-state index contributed by atoms with van der Waals surface area (Å²) in [5.41, 5.74) is 0. The molecule has 0 aromatic carbocycles. The van der Waals surface area contributed by atoms with E-state index in [9.17, 15) is 0 Å². The van der Waals surface area contributed by atoms with Gasteiger partial charge in [0.2, 0.25) is 0 Å². The summed E-state index contributed by atoms with van der Waals surface area (Å²) in [5.74, 6) is 0. The Morgan fingerprint density at radius 1 is 0.471 bits per heavy atom. The molecule has 0 aromatic rings. The predicted molar refractivity (Wildman–Crippen MR) is 1.37 cm³/mol. The molecule has 72 valence electrons. The van der Waals surface area contributed by atoms with Gasteiger partial charge in [-0.25, -0.2) is 0 Å². The van der Waals surface area contributed by atoms with Crippen LogP contribution in [0.25, 0.3) is 0 Å². The van der Waals surface area contributed by atoms with Crippen molar-refractivity contribution < 1.29 is 189 Å². The molecule has 0 saturated carbocycles. The van der Waals surface area contributed by atoms with Crippen LogP contribution in [0, 0.1) is 0 Å². The molecule has 0 rings (SSSR count). The summed E-state index contributed by atoms with van der Waals surface area (Å²) in [6.45, 7) is 0. The Bertz CT molecular complexity index is 78.0. The first-order chi connectivity index (χ1) is 1.73. The van der Waals surface area contributed by atoms with Gasteiger partial charge in [-0.2, -0.15) is 0 Å². The SMILES string of the molecule is [F-].[F-].[F-].[F-].[F-].[F-].[Li+].[Li+].[Li+].[Li+].[Li+].[Li+].[Li+].[O]=[Ta](=[O])[O-]. The fraction of sp³-hybridized carbons (Fsp3) is 0. The molecule has 0 fully saturated rings. The quantitative estimate of drug-likeness (QED) is 0.304. The zero-order valence-corrected chi connectivity index (χ0v) is 14.2. The molecule has 0 amide bonds. The van der Waals surface area contributed by atoms with Gasteiger partial charge in [0.15, 0.2) is 0 Å². The van der Waals surface area contributed by atoms with Gasteiger partial charge in [0.25, 0.3) is 0 Å². The Kier molecular flexibility index (Phi) is 1460. The van der Waals surface area contributed by atoms with E-state index in [0.29, 0.717) is 0 Å². The van der Waals surface area contributed by atoms with Crippen LogP contribution in [0.1, 0.15) is 0 Å². The van der Waals surface area contributed by atoms with Crippen LogP contribution >= 0.6 is 0 Å². The second-order valence-electron chi connectivity index (χ2n) is 0.224. The van der Waals surface area contributed by atoms with E-state index in [-0.39, 0.29) is 160 Å². The van der Waals surface area contributed by atoms with Crippen molar-refractivity contribution in [3.63, 3.8) is 0 Å². The summed E-state index contributed by atoms with van der Waals surface area (Å²) in [5, 5.41) is 0. The molecule has 0 heterocycles. The molecule has 17 heavy (non-hydrogen) atoms. The van der Waals surface area contributed by atoms with Crippen LogP contribution in [0.2, 0.25) is 0 Å². The molecule has 0 aliphatic carbocycles. The van der Waals surface area contributed by atoms with E-state index in [1.54, 1.807) is 0 Å². The van der Waals surface area contributed by atoms with Crippen molar-refractivity contribution in [2.45, 2.75) is 0 Å². The van der Waals surface area contributed by atoms with Crippen molar-refractivity contribution in [2.75, 3.05) is 0 Å². The summed E-state index contributed by atoms with van der Waals surface area (Å²) in [7, 11) is 0. The van der Waals surface area contributed by atoms with Gasteiger partial charge in [0, 0.05) is 0 Å². The van der Waals surface area contributed by atoms with Crippen molar-refractivity contribution in [2.24, 2.45) is 0 Å². The Balaban J connectivity index is -0.000000000577. The van der Waals surface area contributed by atoms with E-state index in [2.05, 4.69) is 0 Å². The first-order valence-electron chi connectivity index (χ1n) is 0.548. The van der Waals surface area contributed by atoms with Gasteiger partial charge < -0.3 is 28.2 Å². The van der Waals surface area contributed by atoms with E-state index in [1.165, 1.54) is 0 Å². The minimum atomic E-state index is -4.34. The van der Waals surface area contributed by atoms with Crippen LogP contribution in [0.4, 0.5) is 0 Å². The van der Waals surface area contributed by atoms with Crippen molar-refractivity contribution in [3.8, 4) is 0 Å². The average molecular weight is 392 g/mol. The van der Waals surface area contributed by atoms with Crippen molar-refractivity contribution in [3.05, 3.63) is 0 Å². The fourth-order valence-electron chi connectivity index (χ4n) is 0. The van der Waals surface area contributed by atoms with Crippen LogP contribution in [0.15, 0.2) is 0 Å². The van der Waals surface area contributed by atoms with E-state index in [4.69, 9.17) is 10.1 Å². The van der Waals surface area contributed by atoms with Crippen molar-refractivity contribution in [1.29, 1.82) is 0 Å². The van der Waals surface area contributed by atoms with Gasteiger partial charge in [-0.1, -0.05) is 0 Å². The maximum absolute atomic E-state index is 8.62. The van der Waals surface area contributed by atoms with E-state index in [1.807, 2.05) is 0 Å². The molecule has 3 nitrogen and oxygen atoms in total. The molecule has 0 aliphatic heterocycles. The summed E-state index contributed by atoms with van der Waals surface area (Å²) >= 11 is -4.34. The van der Waals surface area contributed by atoms with Crippen LogP contribution in [0.3, 0.4) is 0 Å². The molecular formula is F6Li7O3Ta. The maximum atomic E-state index is 8.62. The number of hydrogen-bond acceptors (Lipinski definition) is 3. The van der Waals surface area contributed by atoms with Gasteiger partial charge >= 0.3 is 161 Å². The van der Waals surface area contributed by atoms with Crippen molar-refractivity contribution >= 4 is 0 Å². The van der Waals surface area contributed by atoms with E-state index in [0.717, 1.165) is 0 Å². The summed E-state index contributed by atoms with van der Waals surface area (Å²) in [6.07, 6.45) is 0. The Hall–Kier alpha value is 4.06. The third-order valence-corrected chi connectivity index (χ3v) is 0. The van der Waals surface area contributed by atoms with Gasteiger partial charge in [0.1, 0.15) is 0 Å². The fourth-order valence-corrected chi connectivity index (χ4v) is 0. The molecule has 0 bridgehead atoms. The molecule has 17 heteroatoms. The van der Waals surface area contributed by atoms with Gasteiger partial charge in [-0.3, -0.25) is 0 Å². The van der Waals surface area contributed by atoms with Crippen molar-refractivity contribution in [1.82, 2.24) is 0 Å². The molecule has 0 spiro atoms. The summed E-state index contributed by atoms with van der Waals surface area (Å²) in [4.78, 5) is 0. The number of rotatable bonds is 0. The predicted octanol–water partition coefficient (Wildman–Crippen LogP) is -40.4. The first kappa shape index (κ1) is 170. The molecule has 0 aliphatic rings. The second kappa shape index (κ2) is 146. The second-order valence-corrected chi connectivity index (χ2v) is 1.83. The summed E-state index contributed by atoms with van der Waals surface area (Å²) in [6, 6.07) is 0. The van der Waals surface area contributed by atoms with E-state index >= 15 is 0 Å². The number of hydrogen-bond donors (Lipinski definition) is 0. The van der Waals surface area contributed by atoms with Crippen LogP contribution < -0.4 is 164 Å². The molecule has 0 radical (unpaired) electrons. The molecule has 0 aromatic heterocycles. The van der Waals surface area contributed by atoms with Gasteiger partial charge in [-0.05, 0) is 0 Å². The Labute approximate surface area is 186 Å². The third-order valence-electron chi connectivity index (χ3n) is 0. The average Bonchev–Trinajstić information content (AvgIpc) is 0.811. The molecule has 0 N–H and O–H groups in total. The monoisotopic (exact) mass is 392 g/mol. The number of halogens is 6. The van der Waals surface area contributed by atoms with Crippen LogP contribution in [0.5, 0.6) is 0 Å². The third kappa shape index (κ3) is 397. The van der Waals surface area contributed by atoms with Crippen LogP contribution in [-0.4, -0.2) is 0 Å². The van der Waals surface area contributed by atoms with Crippen LogP contribution in [-0.2, 0) is 25.3 Å². The molecule has 0 unspecified atom stereocenters. The standard InChI is InChI=1S/6FH.7Li.3O.Ta/h6*1H;;;;;;;;;;;/q;;;;;;7*+1;;;-1;/p-6. The summed E-state index contributed by atoms with van der Waals surface area (Å²) < 4.78 is 25.9. The first-order valence-corrected chi connectivity index (χ1v) is 4.48. The zero-order chi connectivity index (χ0) is 3.58. The Morgan fingerprint density at radius 3 is 0.471 bits per heavy atom. The van der Waals surface area contributed by atoms with Gasteiger partial charge in [-0.15, -0.1) is 0 Å². The minimum absolute atomic E-state index is 0. The van der Waals surface area contributed by atoms with Gasteiger partial charge in [0.05, 0.1) is 0 Å². The molecule has 0 atom stereocenters. The normalized spacial score (nSPS) is 1.47.